The van der Waals surface area contributed by atoms with Crippen molar-refractivity contribution in [3.8, 4) is 0 Å². The number of methoxy groups -OCH3 is 1. The molecular formula is C27H41NO4S. The number of allylic oxidation sites excluding steroid dienone is 6. The van der Waals surface area contributed by atoms with E-state index in [1.165, 1.54) is 22.3 Å². The van der Waals surface area contributed by atoms with Crippen molar-refractivity contribution in [3.05, 3.63) is 46.2 Å². The van der Waals surface area contributed by atoms with Crippen molar-refractivity contribution in [3.63, 3.8) is 0 Å². The SMILES string of the molecule is COCCOCC(C)(C)/C1=C/C(NC(=O)C(C)(C)SC2CCOCC2)=C(C)CCC2=C1C=C2. The second-order valence-corrected chi connectivity index (χ2v) is 12.3. The fourth-order valence-corrected chi connectivity index (χ4v) is 5.77. The summed E-state index contributed by atoms with van der Waals surface area (Å²) in [7, 11) is 1.69. The lowest BCUT2D eigenvalue weighted by atomic mass is 9.73. The van der Waals surface area contributed by atoms with Crippen molar-refractivity contribution >= 4 is 17.7 Å². The Bertz CT molecular complexity index is 844. The number of hydrogen-bond acceptors (Lipinski definition) is 5. The molecule has 1 fully saturated rings. The Morgan fingerprint density at radius 2 is 1.88 bits per heavy atom. The molecule has 0 saturated carbocycles. The summed E-state index contributed by atoms with van der Waals surface area (Å²) in [6, 6.07) is 0. The first-order chi connectivity index (χ1) is 15.6. The summed E-state index contributed by atoms with van der Waals surface area (Å²) in [6.07, 6.45) is 10.6. The van der Waals surface area contributed by atoms with E-state index in [4.69, 9.17) is 14.2 Å². The Labute approximate surface area is 204 Å². The van der Waals surface area contributed by atoms with Crippen molar-refractivity contribution in [2.24, 2.45) is 5.41 Å². The molecule has 33 heavy (non-hydrogen) atoms. The van der Waals surface area contributed by atoms with Crippen LogP contribution in [0.15, 0.2) is 46.2 Å². The third kappa shape index (κ3) is 6.84. The van der Waals surface area contributed by atoms with Gasteiger partial charge in [0.2, 0.25) is 5.91 Å². The first-order valence-corrected chi connectivity index (χ1v) is 13.0. The number of thioether (sulfide) groups is 1. The molecule has 0 bridgehead atoms. The van der Waals surface area contributed by atoms with E-state index in [9.17, 15) is 4.79 Å². The van der Waals surface area contributed by atoms with Crippen LogP contribution in [0.25, 0.3) is 0 Å². The minimum atomic E-state index is -0.509. The van der Waals surface area contributed by atoms with Crippen molar-refractivity contribution in [1.82, 2.24) is 5.32 Å². The average molecular weight is 476 g/mol. The molecule has 0 spiro atoms. The van der Waals surface area contributed by atoms with Gasteiger partial charge in [-0.05, 0) is 74.8 Å². The van der Waals surface area contributed by atoms with E-state index in [-0.39, 0.29) is 11.3 Å². The van der Waals surface area contributed by atoms with Crippen molar-refractivity contribution in [1.29, 1.82) is 0 Å². The molecule has 5 nitrogen and oxygen atoms in total. The van der Waals surface area contributed by atoms with Gasteiger partial charge in [-0.3, -0.25) is 4.79 Å². The Kier molecular flexibility index (Phi) is 9.07. The van der Waals surface area contributed by atoms with Crippen LogP contribution >= 0.6 is 11.8 Å². The molecule has 2 aliphatic carbocycles. The maximum atomic E-state index is 13.4. The summed E-state index contributed by atoms with van der Waals surface area (Å²) in [5.41, 5.74) is 5.88. The Morgan fingerprint density at radius 3 is 2.52 bits per heavy atom. The van der Waals surface area contributed by atoms with Gasteiger partial charge in [-0.2, -0.15) is 0 Å². The van der Waals surface area contributed by atoms with Crippen molar-refractivity contribution in [2.45, 2.75) is 70.3 Å². The number of rotatable bonds is 10. The smallest absolute Gasteiger partial charge is 0.240 e. The first-order valence-electron chi connectivity index (χ1n) is 12.1. The zero-order valence-electron chi connectivity index (χ0n) is 21.2. The maximum absolute atomic E-state index is 13.4. The molecule has 3 aliphatic rings. The molecule has 0 aromatic rings. The largest absolute Gasteiger partial charge is 0.382 e. The van der Waals surface area contributed by atoms with Crippen molar-refractivity contribution < 1.29 is 19.0 Å². The maximum Gasteiger partial charge on any atom is 0.240 e. The van der Waals surface area contributed by atoms with Crippen LogP contribution in [0.3, 0.4) is 0 Å². The zero-order valence-corrected chi connectivity index (χ0v) is 22.0. The van der Waals surface area contributed by atoms with Crippen LogP contribution in [0.1, 0.15) is 60.3 Å². The lowest BCUT2D eigenvalue weighted by Gasteiger charge is -2.35. The van der Waals surface area contributed by atoms with Gasteiger partial charge < -0.3 is 19.5 Å². The third-order valence-electron chi connectivity index (χ3n) is 6.65. The van der Waals surface area contributed by atoms with Gasteiger partial charge >= 0.3 is 0 Å². The highest BCUT2D eigenvalue weighted by Gasteiger charge is 2.34. The normalized spacial score (nSPS) is 21.7. The Morgan fingerprint density at radius 1 is 1.15 bits per heavy atom. The standard InChI is InChI=1S/C27H41NO4S/c1-19-7-8-20-9-10-22(20)23(26(2,3)18-32-16-15-30-6)17-24(19)28-25(29)27(4,5)33-21-11-13-31-14-12-21/h9-10,17,21H,7-8,11-16,18H2,1-6H3,(H,28,29)/b23-17+,24-19?. The van der Waals surface area contributed by atoms with Crippen molar-refractivity contribution in [2.75, 3.05) is 40.1 Å². The molecule has 1 aliphatic heterocycles. The minimum absolute atomic E-state index is 0.0667. The second-order valence-electron chi connectivity index (χ2n) is 10.3. The number of nitrogens with one attached hydrogen (secondary N) is 1. The van der Waals surface area contributed by atoms with Gasteiger partial charge in [0, 0.05) is 36.7 Å². The molecule has 1 N–H and O–H groups in total. The fraction of sp³-hybridized carbons (Fsp3) is 0.667. The van der Waals surface area contributed by atoms with Gasteiger partial charge in [-0.25, -0.2) is 0 Å². The van der Waals surface area contributed by atoms with Gasteiger partial charge in [-0.1, -0.05) is 26.0 Å². The zero-order chi connectivity index (χ0) is 24.1. The van der Waals surface area contributed by atoms with Crippen LogP contribution in [0.4, 0.5) is 0 Å². The van der Waals surface area contributed by atoms with E-state index in [2.05, 4.69) is 44.3 Å². The van der Waals surface area contributed by atoms with Crippen LogP contribution in [0.2, 0.25) is 0 Å². The Balaban J connectivity index is 1.79. The predicted octanol–water partition coefficient (Wildman–Crippen LogP) is 5.34. The highest BCUT2D eigenvalue weighted by molar-refractivity contribution is 8.01. The van der Waals surface area contributed by atoms with Crippen LogP contribution in [0.5, 0.6) is 0 Å². The number of hydrogen-bond donors (Lipinski definition) is 1. The number of carbonyl (C=O) groups excluding carboxylic acids is 1. The predicted molar refractivity (Wildman–Crippen MR) is 136 cm³/mol. The van der Waals surface area contributed by atoms with Crippen LogP contribution in [0, 0.1) is 5.41 Å². The second kappa shape index (κ2) is 11.4. The summed E-state index contributed by atoms with van der Waals surface area (Å²) in [4.78, 5) is 13.4. The topological polar surface area (TPSA) is 56.8 Å². The summed E-state index contributed by atoms with van der Waals surface area (Å²) in [5, 5.41) is 3.78. The minimum Gasteiger partial charge on any atom is -0.382 e. The van der Waals surface area contributed by atoms with E-state index in [0.717, 1.165) is 44.6 Å². The first kappa shape index (κ1) is 26.3. The van der Waals surface area contributed by atoms with E-state index in [1.807, 2.05) is 13.8 Å². The molecule has 0 radical (unpaired) electrons. The quantitative estimate of drug-likeness (QED) is 0.432. The number of ether oxygens (including phenoxy) is 3. The van der Waals surface area contributed by atoms with Crippen LogP contribution in [-0.4, -0.2) is 56.0 Å². The fourth-order valence-electron chi connectivity index (χ4n) is 4.35. The highest BCUT2D eigenvalue weighted by atomic mass is 32.2. The average Bonchev–Trinajstić information content (AvgIpc) is 2.74. The van der Waals surface area contributed by atoms with Crippen LogP contribution < -0.4 is 5.32 Å². The summed E-state index contributed by atoms with van der Waals surface area (Å²) in [5.74, 6) is 0.0667. The highest BCUT2D eigenvalue weighted by Crippen LogP contribution is 2.42. The van der Waals surface area contributed by atoms with Gasteiger partial charge in [0.25, 0.3) is 0 Å². The van der Waals surface area contributed by atoms with E-state index in [0.29, 0.717) is 25.1 Å². The molecule has 0 unspecified atom stereocenters. The van der Waals surface area contributed by atoms with Gasteiger partial charge in [0.15, 0.2) is 0 Å². The van der Waals surface area contributed by atoms with Gasteiger partial charge in [0.05, 0.1) is 24.6 Å². The van der Waals surface area contributed by atoms with Gasteiger partial charge in [0.1, 0.15) is 0 Å². The molecule has 0 aromatic heterocycles. The molecule has 1 saturated heterocycles. The molecule has 1 heterocycles. The molecule has 1 amide bonds. The Hall–Kier alpha value is -1.34. The summed E-state index contributed by atoms with van der Waals surface area (Å²) < 4.78 is 16.0. The number of amides is 1. The van der Waals surface area contributed by atoms with E-state index in [1.54, 1.807) is 18.9 Å². The van der Waals surface area contributed by atoms with E-state index >= 15 is 0 Å². The summed E-state index contributed by atoms with van der Waals surface area (Å²) in [6.45, 7) is 14.0. The molecule has 0 aromatic carbocycles. The monoisotopic (exact) mass is 475 g/mol. The van der Waals surface area contributed by atoms with Gasteiger partial charge in [-0.15, -0.1) is 11.8 Å². The molecule has 184 valence electrons. The lowest BCUT2D eigenvalue weighted by Crippen LogP contribution is -2.41. The molecular weight excluding hydrogens is 434 g/mol. The number of carbonyl (C=O) groups is 1. The van der Waals surface area contributed by atoms with Crippen LogP contribution in [-0.2, 0) is 19.0 Å². The summed E-state index contributed by atoms with van der Waals surface area (Å²) >= 11 is 1.78. The van der Waals surface area contributed by atoms with E-state index < -0.39 is 4.75 Å². The lowest BCUT2D eigenvalue weighted by molar-refractivity contribution is -0.121. The molecule has 3 rings (SSSR count). The third-order valence-corrected chi connectivity index (χ3v) is 8.23. The molecule has 0 atom stereocenters. The molecule has 6 heteroatoms.